The Morgan fingerprint density at radius 2 is 2.05 bits per heavy atom. The molecule has 2 aromatic rings. The highest BCUT2D eigenvalue weighted by Gasteiger charge is 2.07. The highest BCUT2D eigenvalue weighted by molar-refractivity contribution is 5.95. The van der Waals surface area contributed by atoms with E-state index in [4.69, 9.17) is 5.11 Å². The summed E-state index contributed by atoms with van der Waals surface area (Å²) in [5.74, 6) is -0.860. The van der Waals surface area contributed by atoms with Gasteiger partial charge in [-0.05, 0) is 31.0 Å². The third-order valence-corrected chi connectivity index (χ3v) is 3.12. The molecule has 20 heavy (non-hydrogen) atoms. The van der Waals surface area contributed by atoms with E-state index in [1.54, 1.807) is 6.20 Å². The second kappa shape index (κ2) is 6.75. The molecule has 5 heteroatoms. The fraction of sp³-hybridized carbons (Fsp3) is 0.333. The molecule has 0 radical (unpaired) electrons. The number of carbonyl (C=O) groups excluding carboxylic acids is 1. The molecule has 2 aromatic heterocycles. The summed E-state index contributed by atoms with van der Waals surface area (Å²) in [5.41, 5.74) is 1.63. The molecule has 0 bridgehead atoms. The van der Waals surface area contributed by atoms with Gasteiger partial charge in [-0.25, -0.2) is 0 Å². The Labute approximate surface area is 117 Å². The Kier molecular flexibility index (Phi) is 4.76. The quantitative estimate of drug-likeness (QED) is 0.761. The molecule has 0 spiro atoms. The number of pyridine rings is 1. The van der Waals surface area contributed by atoms with Crippen LogP contribution in [0, 0.1) is 0 Å². The molecule has 0 unspecified atom stereocenters. The molecule has 2 heterocycles. The molecule has 0 aromatic carbocycles. The third kappa shape index (κ3) is 3.85. The SMILES string of the molecule is O=C(O)CCCCCNC(=O)c1cc2ccccn2c1. The third-order valence-electron chi connectivity index (χ3n) is 3.12. The van der Waals surface area contributed by atoms with Crippen molar-refractivity contribution in [3.63, 3.8) is 0 Å². The summed E-state index contributed by atoms with van der Waals surface area (Å²) in [4.78, 5) is 22.3. The van der Waals surface area contributed by atoms with Crippen molar-refractivity contribution in [1.29, 1.82) is 0 Å². The monoisotopic (exact) mass is 274 g/mol. The number of unbranched alkanes of at least 4 members (excludes halogenated alkanes) is 2. The van der Waals surface area contributed by atoms with Crippen molar-refractivity contribution in [3.05, 3.63) is 42.2 Å². The van der Waals surface area contributed by atoms with Crippen LogP contribution in [-0.2, 0) is 4.79 Å². The van der Waals surface area contributed by atoms with Crippen LogP contribution in [0.5, 0.6) is 0 Å². The lowest BCUT2D eigenvalue weighted by Crippen LogP contribution is -2.23. The fourth-order valence-corrected chi connectivity index (χ4v) is 2.06. The van der Waals surface area contributed by atoms with Crippen LogP contribution in [0.1, 0.15) is 36.0 Å². The zero-order chi connectivity index (χ0) is 14.4. The van der Waals surface area contributed by atoms with Crippen LogP contribution in [0.3, 0.4) is 0 Å². The minimum absolute atomic E-state index is 0.0908. The topological polar surface area (TPSA) is 70.8 Å². The van der Waals surface area contributed by atoms with Crippen molar-refractivity contribution < 1.29 is 14.7 Å². The number of hydrogen-bond donors (Lipinski definition) is 2. The number of amides is 1. The van der Waals surface area contributed by atoms with Crippen molar-refractivity contribution in [2.24, 2.45) is 0 Å². The second-order valence-corrected chi connectivity index (χ2v) is 4.72. The number of carbonyl (C=O) groups is 2. The standard InChI is InChI=1S/C15H18N2O3/c18-14(19)7-2-1-4-8-16-15(20)12-10-13-6-3-5-9-17(13)11-12/h3,5-6,9-11H,1-2,4,7-8H2,(H,16,20)(H,18,19). The van der Waals surface area contributed by atoms with Crippen molar-refractivity contribution in [1.82, 2.24) is 9.72 Å². The lowest BCUT2D eigenvalue weighted by molar-refractivity contribution is -0.137. The van der Waals surface area contributed by atoms with Crippen molar-refractivity contribution >= 4 is 17.4 Å². The highest BCUT2D eigenvalue weighted by Crippen LogP contribution is 2.09. The first kappa shape index (κ1) is 14.1. The zero-order valence-electron chi connectivity index (χ0n) is 11.2. The van der Waals surface area contributed by atoms with E-state index in [-0.39, 0.29) is 12.3 Å². The van der Waals surface area contributed by atoms with Gasteiger partial charge in [0.25, 0.3) is 5.91 Å². The average Bonchev–Trinajstić information content (AvgIpc) is 2.86. The summed E-state index contributed by atoms with van der Waals surface area (Å²) in [6.45, 7) is 0.574. The van der Waals surface area contributed by atoms with Crippen LogP contribution in [-0.4, -0.2) is 27.9 Å². The molecular formula is C15H18N2O3. The van der Waals surface area contributed by atoms with E-state index in [0.717, 1.165) is 18.4 Å². The number of hydrogen-bond acceptors (Lipinski definition) is 2. The lowest BCUT2D eigenvalue weighted by atomic mass is 10.2. The summed E-state index contributed by atoms with van der Waals surface area (Å²) in [7, 11) is 0. The maximum atomic E-state index is 11.9. The predicted octanol–water partition coefficient (Wildman–Crippen LogP) is 2.31. The number of carboxylic acids is 1. The summed E-state index contributed by atoms with van der Waals surface area (Å²) < 4.78 is 1.90. The highest BCUT2D eigenvalue weighted by atomic mass is 16.4. The summed E-state index contributed by atoms with van der Waals surface area (Å²) in [6.07, 6.45) is 6.16. The Bertz CT molecular complexity index is 571. The van der Waals surface area contributed by atoms with Gasteiger partial charge < -0.3 is 14.8 Å². The number of rotatable bonds is 7. The Hall–Kier alpha value is -2.30. The molecule has 0 aliphatic rings. The first-order valence-corrected chi connectivity index (χ1v) is 6.73. The molecule has 2 rings (SSSR count). The number of nitrogens with one attached hydrogen (secondary N) is 1. The van der Waals surface area contributed by atoms with E-state index in [1.165, 1.54) is 0 Å². The van der Waals surface area contributed by atoms with Crippen LogP contribution in [0.2, 0.25) is 0 Å². The van der Waals surface area contributed by atoms with Crippen molar-refractivity contribution in [2.75, 3.05) is 6.54 Å². The van der Waals surface area contributed by atoms with Crippen LogP contribution >= 0.6 is 0 Å². The number of aromatic nitrogens is 1. The number of carboxylic acid groups (broad SMARTS) is 1. The molecule has 0 aliphatic heterocycles. The summed E-state index contributed by atoms with van der Waals surface area (Å²) >= 11 is 0. The minimum Gasteiger partial charge on any atom is -0.481 e. The van der Waals surface area contributed by atoms with Gasteiger partial charge in [-0.2, -0.15) is 0 Å². The summed E-state index contributed by atoms with van der Waals surface area (Å²) in [6, 6.07) is 7.64. The van der Waals surface area contributed by atoms with E-state index in [0.29, 0.717) is 18.5 Å². The largest absolute Gasteiger partial charge is 0.481 e. The van der Waals surface area contributed by atoms with E-state index >= 15 is 0 Å². The van der Waals surface area contributed by atoms with Gasteiger partial charge in [0.1, 0.15) is 0 Å². The normalized spacial score (nSPS) is 10.6. The zero-order valence-corrected chi connectivity index (χ0v) is 11.2. The van der Waals surface area contributed by atoms with Gasteiger partial charge in [0, 0.05) is 30.9 Å². The van der Waals surface area contributed by atoms with Gasteiger partial charge in [-0.1, -0.05) is 12.5 Å². The lowest BCUT2D eigenvalue weighted by Gasteiger charge is -2.02. The van der Waals surface area contributed by atoms with Crippen LogP contribution < -0.4 is 5.32 Å². The molecular weight excluding hydrogens is 256 g/mol. The average molecular weight is 274 g/mol. The number of nitrogens with zero attached hydrogens (tertiary/aromatic N) is 1. The predicted molar refractivity (Wildman–Crippen MR) is 75.8 cm³/mol. The van der Waals surface area contributed by atoms with E-state index < -0.39 is 5.97 Å². The molecule has 0 atom stereocenters. The van der Waals surface area contributed by atoms with E-state index in [1.807, 2.05) is 34.9 Å². The van der Waals surface area contributed by atoms with Crippen molar-refractivity contribution in [2.45, 2.75) is 25.7 Å². The molecule has 0 saturated carbocycles. The Balaban J connectivity index is 1.76. The van der Waals surface area contributed by atoms with Crippen molar-refractivity contribution in [3.8, 4) is 0 Å². The van der Waals surface area contributed by atoms with Crippen LogP contribution in [0.15, 0.2) is 36.7 Å². The van der Waals surface area contributed by atoms with Gasteiger partial charge in [-0.15, -0.1) is 0 Å². The minimum atomic E-state index is -0.769. The second-order valence-electron chi connectivity index (χ2n) is 4.72. The molecule has 1 amide bonds. The summed E-state index contributed by atoms with van der Waals surface area (Å²) in [5, 5.41) is 11.4. The van der Waals surface area contributed by atoms with Crippen LogP contribution in [0.4, 0.5) is 0 Å². The Morgan fingerprint density at radius 1 is 1.20 bits per heavy atom. The maximum Gasteiger partial charge on any atom is 0.303 e. The van der Waals surface area contributed by atoms with E-state index in [2.05, 4.69) is 5.32 Å². The van der Waals surface area contributed by atoms with Gasteiger partial charge in [-0.3, -0.25) is 9.59 Å². The van der Waals surface area contributed by atoms with Gasteiger partial charge >= 0.3 is 5.97 Å². The molecule has 0 saturated heterocycles. The Morgan fingerprint density at radius 3 is 2.80 bits per heavy atom. The maximum absolute atomic E-state index is 11.9. The number of fused-ring (bicyclic) bond motifs is 1. The van der Waals surface area contributed by atoms with Gasteiger partial charge in [0.2, 0.25) is 0 Å². The first-order chi connectivity index (χ1) is 9.66. The smallest absolute Gasteiger partial charge is 0.303 e. The van der Waals surface area contributed by atoms with E-state index in [9.17, 15) is 9.59 Å². The van der Waals surface area contributed by atoms with Gasteiger partial charge in [0.15, 0.2) is 0 Å². The first-order valence-electron chi connectivity index (χ1n) is 6.73. The molecule has 5 nitrogen and oxygen atoms in total. The molecule has 0 fully saturated rings. The van der Waals surface area contributed by atoms with Gasteiger partial charge in [0.05, 0.1) is 5.56 Å². The molecule has 2 N–H and O–H groups in total. The molecule has 106 valence electrons. The fourth-order valence-electron chi connectivity index (χ4n) is 2.06. The van der Waals surface area contributed by atoms with Crippen LogP contribution in [0.25, 0.3) is 5.52 Å². The molecule has 0 aliphatic carbocycles. The number of aliphatic carboxylic acids is 1.